The van der Waals surface area contributed by atoms with Gasteiger partial charge in [-0.2, -0.15) is 0 Å². The molecule has 1 aromatic heterocycles. The van der Waals surface area contributed by atoms with E-state index < -0.39 is 0 Å². The Morgan fingerprint density at radius 1 is 1.15 bits per heavy atom. The van der Waals surface area contributed by atoms with Crippen molar-refractivity contribution in [2.24, 2.45) is 0 Å². The summed E-state index contributed by atoms with van der Waals surface area (Å²) in [4.78, 5) is 27.5. The smallest absolute Gasteiger partial charge is 0.325 e. The average Bonchev–Trinajstić information content (AvgIpc) is 2.99. The molecule has 1 amide bonds. The Morgan fingerprint density at radius 3 is 2.58 bits per heavy atom. The van der Waals surface area contributed by atoms with Crippen LogP contribution < -0.4 is 11.0 Å². The summed E-state index contributed by atoms with van der Waals surface area (Å²) in [7, 11) is 0. The lowest BCUT2D eigenvalue weighted by Gasteiger charge is -2.17. The third-order valence-electron chi connectivity index (χ3n) is 4.43. The summed E-state index contributed by atoms with van der Waals surface area (Å²) in [5.41, 5.74) is 3.03. The number of H-pyrrole nitrogens is 1. The standard InChI is InChI=1S/C21H23N3O2/c1-3-8-19(16-9-5-4-6-10-16)20(25)23-17-11-7-12-18(13-17)24-15(2)14-22-21(24)26/h4-7,9-14,19H,3,8H2,1-2H3,(H,22,26)(H,23,25). The van der Waals surface area contributed by atoms with Crippen molar-refractivity contribution < 1.29 is 4.79 Å². The molecule has 0 aliphatic heterocycles. The molecule has 134 valence electrons. The molecule has 26 heavy (non-hydrogen) atoms. The second-order valence-electron chi connectivity index (χ2n) is 6.36. The lowest BCUT2D eigenvalue weighted by Crippen LogP contribution is -2.21. The fourth-order valence-corrected chi connectivity index (χ4v) is 3.15. The van der Waals surface area contributed by atoms with Crippen molar-refractivity contribution >= 4 is 11.6 Å². The Morgan fingerprint density at radius 2 is 1.92 bits per heavy atom. The van der Waals surface area contributed by atoms with Gasteiger partial charge in [-0.05, 0) is 37.1 Å². The Kier molecular flexibility index (Phi) is 5.37. The minimum atomic E-state index is -0.195. The van der Waals surface area contributed by atoms with E-state index in [1.807, 2.05) is 61.5 Å². The summed E-state index contributed by atoms with van der Waals surface area (Å²) < 4.78 is 1.58. The Labute approximate surface area is 152 Å². The maximum absolute atomic E-state index is 12.8. The van der Waals surface area contributed by atoms with Crippen molar-refractivity contribution in [1.82, 2.24) is 9.55 Å². The molecule has 0 spiro atoms. The number of rotatable bonds is 6. The van der Waals surface area contributed by atoms with E-state index in [0.717, 1.165) is 29.8 Å². The van der Waals surface area contributed by atoms with E-state index in [2.05, 4.69) is 17.2 Å². The van der Waals surface area contributed by atoms with Gasteiger partial charge in [0.25, 0.3) is 0 Å². The van der Waals surface area contributed by atoms with Crippen LogP contribution in [0.25, 0.3) is 5.69 Å². The van der Waals surface area contributed by atoms with Gasteiger partial charge in [0.15, 0.2) is 0 Å². The number of hydrogen-bond donors (Lipinski definition) is 2. The zero-order valence-corrected chi connectivity index (χ0v) is 15.0. The summed E-state index contributed by atoms with van der Waals surface area (Å²) in [6, 6.07) is 17.2. The summed E-state index contributed by atoms with van der Waals surface area (Å²) in [5, 5.41) is 3.00. The van der Waals surface area contributed by atoms with Crippen LogP contribution in [0.5, 0.6) is 0 Å². The highest BCUT2D eigenvalue weighted by Crippen LogP contribution is 2.24. The number of nitrogens with one attached hydrogen (secondary N) is 2. The fourth-order valence-electron chi connectivity index (χ4n) is 3.15. The molecule has 0 aliphatic carbocycles. The van der Waals surface area contributed by atoms with Gasteiger partial charge < -0.3 is 10.3 Å². The number of amides is 1. The highest BCUT2D eigenvalue weighted by Gasteiger charge is 2.19. The number of benzene rings is 2. The van der Waals surface area contributed by atoms with E-state index in [9.17, 15) is 9.59 Å². The molecule has 0 bridgehead atoms. The Balaban J connectivity index is 1.85. The van der Waals surface area contributed by atoms with Crippen LogP contribution in [-0.2, 0) is 4.79 Å². The lowest BCUT2D eigenvalue weighted by atomic mass is 9.93. The van der Waals surface area contributed by atoms with Gasteiger partial charge in [-0.1, -0.05) is 49.7 Å². The molecule has 0 aliphatic rings. The fraction of sp³-hybridized carbons (Fsp3) is 0.238. The number of aromatic amines is 1. The van der Waals surface area contributed by atoms with Crippen molar-refractivity contribution in [2.45, 2.75) is 32.6 Å². The number of anilines is 1. The average molecular weight is 349 g/mol. The monoisotopic (exact) mass is 349 g/mol. The molecule has 1 atom stereocenters. The number of imidazole rings is 1. The zero-order chi connectivity index (χ0) is 18.5. The molecule has 0 fully saturated rings. The largest absolute Gasteiger partial charge is 0.330 e. The number of nitrogens with zero attached hydrogens (tertiary/aromatic N) is 1. The van der Waals surface area contributed by atoms with Gasteiger partial charge in [0.1, 0.15) is 0 Å². The van der Waals surface area contributed by atoms with E-state index in [1.54, 1.807) is 10.8 Å². The highest BCUT2D eigenvalue weighted by molar-refractivity contribution is 5.96. The lowest BCUT2D eigenvalue weighted by molar-refractivity contribution is -0.117. The van der Waals surface area contributed by atoms with E-state index >= 15 is 0 Å². The Hall–Kier alpha value is -3.08. The molecule has 0 radical (unpaired) electrons. The molecule has 5 heteroatoms. The van der Waals surface area contributed by atoms with Gasteiger partial charge in [0.05, 0.1) is 11.6 Å². The van der Waals surface area contributed by atoms with Crippen LogP contribution in [0.1, 0.15) is 36.9 Å². The van der Waals surface area contributed by atoms with E-state index in [1.165, 1.54) is 0 Å². The van der Waals surface area contributed by atoms with Gasteiger partial charge in [-0.3, -0.25) is 9.36 Å². The molecular weight excluding hydrogens is 326 g/mol. The van der Waals surface area contributed by atoms with Crippen LogP contribution in [0.4, 0.5) is 5.69 Å². The third-order valence-corrected chi connectivity index (χ3v) is 4.43. The van der Waals surface area contributed by atoms with Crippen molar-refractivity contribution in [1.29, 1.82) is 0 Å². The minimum Gasteiger partial charge on any atom is -0.325 e. The molecule has 1 unspecified atom stereocenters. The zero-order valence-electron chi connectivity index (χ0n) is 15.0. The molecule has 1 heterocycles. The predicted octanol–water partition coefficient (Wildman–Crippen LogP) is 4.00. The SMILES string of the molecule is CCCC(C(=O)Nc1cccc(-n2c(C)c[nH]c2=O)c1)c1ccccc1. The first-order valence-electron chi connectivity index (χ1n) is 8.83. The quantitative estimate of drug-likeness (QED) is 0.706. The maximum Gasteiger partial charge on any atom is 0.330 e. The minimum absolute atomic E-state index is 0.0339. The number of carbonyl (C=O) groups excluding carboxylic acids is 1. The van der Waals surface area contributed by atoms with Crippen LogP contribution >= 0.6 is 0 Å². The van der Waals surface area contributed by atoms with Crippen molar-refractivity contribution in [2.75, 3.05) is 5.32 Å². The van der Waals surface area contributed by atoms with Crippen LogP contribution in [0.15, 0.2) is 65.6 Å². The highest BCUT2D eigenvalue weighted by atomic mass is 16.2. The van der Waals surface area contributed by atoms with Gasteiger partial charge >= 0.3 is 5.69 Å². The molecule has 2 aromatic carbocycles. The summed E-state index contributed by atoms with van der Waals surface area (Å²) >= 11 is 0. The summed E-state index contributed by atoms with van der Waals surface area (Å²) in [5.74, 6) is -0.227. The third kappa shape index (κ3) is 3.77. The molecule has 0 saturated heterocycles. The van der Waals surface area contributed by atoms with Crippen molar-refractivity contribution in [3.63, 3.8) is 0 Å². The summed E-state index contributed by atoms with van der Waals surface area (Å²) in [6.07, 6.45) is 3.37. The molecule has 5 nitrogen and oxygen atoms in total. The number of hydrogen-bond acceptors (Lipinski definition) is 2. The normalized spacial score (nSPS) is 11.9. The van der Waals surface area contributed by atoms with Gasteiger partial charge in [-0.15, -0.1) is 0 Å². The first-order valence-corrected chi connectivity index (χ1v) is 8.83. The molecule has 3 aromatic rings. The van der Waals surface area contributed by atoms with Crippen LogP contribution in [-0.4, -0.2) is 15.5 Å². The molecule has 3 rings (SSSR count). The topological polar surface area (TPSA) is 66.9 Å². The number of aryl methyl sites for hydroxylation is 1. The Bertz CT molecular complexity index is 941. The number of carbonyl (C=O) groups is 1. The van der Waals surface area contributed by atoms with E-state index in [-0.39, 0.29) is 17.5 Å². The molecular formula is C21H23N3O2. The van der Waals surface area contributed by atoms with E-state index in [4.69, 9.17) is 0 Å². The second kappa shape index (κ2) is 7.87. The van der Waals surface area contributed by atoms with Crippen molar-refractivity contribution in [3.05, 3.63) is 82.5 Å². The maximum atomic E-state index is 12.8. The van der Waals surface area contributed by atoms with Crippen molar-refractivity contribution in [3.8, 4) is 5.69 Å². The molecule has 2 N–H and O–H groups in total. The van der Waals surface area contributed by atoms with Gasteiger partial charge in [-0.25, -0.2) is 4.79 Å². The van der Waals surface area contributed by atoms with E-state index in [0.29, 0.717) is 5.69 Å². The first-order chi connectivity index (χ1) is 12.6. The summed E-state index contributed by atoms with van der Waals surface area (Å²) in [6.45, 7) is 3.93. The van der Waals surface area contributed by atoms with Crippen LogP contribution in [0.3, 0.4) is 0 Å². The predicted molar refractivity (Wildman–Crippen MR) is 104 cm³/mol. The first kappa shape index (κ1) is 17.7. The number of aromatic nitrogens is 2. The molecule has 0 saturated carbocycles. The van der Waals surface area contributed by atoms with Crippen LogP contribution in [0, 0.1) is 6.92 Å². The van der Waals surface area contributed by atoms with Crippen LogP contribution in [0.2, 0.25) is 0 Å². The second-order valence-corrected chi connectivity index (χ2v) is 6.36. The van der Waals surface area contributed by atoms with Gasteiger partial charge in [0.2, 0.25) is 5.91 Å². The van der Waals surface area contributed by atoms with Gasteiger partial charge in [0, 0.05) is 17.6 Å².